The fourth-order valence-electron chi connectivity index (χ4n) is 2.30. The fraction of sp³-hybridized carbons (Fsp3) is 0.600. The van der Waals surface area contributed by atoms with Crippen molar-refractivity contribution in [3.05, 3.63) is 35.4 Å². The number of rotatable bonds is 7. The van der Waals surface area contributed by atoms with Gasteiger partial charge in [-0.05, 0) is 37.1 Å². The molecule has 0 aliphatic rings. The molecule has 1 rings (SSSR count). The van der Waals surface area contributed by atoms with Gasteiger partial charge < -0.3 is 10.1 Å². The Morgan fingerprint density at radius 3 is 2.15 bits per heavy atom. The van der Waals surface area contributed by atoms with E-state index in [1.165, 1.54) is 12.1 Å². The highest BCUT2D eigenvalue weighted by atomic mass is 19.4. The lowest BCUT2D eigenvalue weighted by Gasteiger charge is -2.26. The van der Waals surface area contributed by atoms with E-state index in [4.69, 9.17) is 4.74 Å². The van der Waals surface area contributed by atoms with Crippen LogP contribution in [0.5, 0.6) is 0 Å². The zero-order valence-corrected chi connectivity index (χ0v) is 12.1. The second-order valence-electron chi connectivity index (χ2n) is 4.75. The van der Waals surface area contributed by atoms with E-state index in [-0.39, 0.29) is 12.1 Å². The number of methoxy groups -OCH3 is 1. The largest absolute Gasteiger partial charge is 0.416 e. The van der Waals surface area contributed by atoms with Crippen molar-refractivity contribution in [3.63, 3.8) is 0 Å². The van der Waals surface area contributed by atoms with Crippen molar-refractivity contribution in [2.24, 2.45) is 0 Å². The molecule has 0 aliphatic heterocycles. The number of alkyl halides is 3. The number of benzene rings is 1. The van der Waals surface area contributed by atoms with Gasteiger partial charge in [-0.15, -0.1) is 0 Å². The highest BCUT2D eigenvalue weighted by molar-refractivity contribution is 5.25. The first-order valence-electron chi connectivity index (χ1n) is 6.84. The van der Waals surface area contributed by atoms with E-state index in [1.807, 2.05) is 13.8 Å². The average molecular weight is 289 g/mol. The van der Waals surface area contributed by atoms with Gasteiger partial charge in [0.1, 0.15) is 0 Å². The lowest BCUT2D eigenvalue weighted by Crippen LogP contribution is -2.42. The first-order valence-corrected chi connectivity index (χ1v) is 6.84. The van der Waals surface area contributed by atoms with Crippen LogP contribution in [0.2, 0.25) is 0 Å². The van der Waals surface area contributed by atoms with Gasteiger partial charge in [-0.1, -0.05) is 26.0 Å². The van der Waals surface area contributed by atoms with E-state index in [9.17, 15) is 13.2 Å². The van der Waals surface area contributed by atoms with Crippen LogP contribution >= 0.6 is 0 Å². The molecular weight excluding hydrogens is 267 g/mol. The van der Waals surface area contributed by atoms with E-state index in [2.05, 4.69) is 5.32 Å². The summed E-state index contributed by atoms with van der Waals surface area (Å²) in [6.07, 6.45) is -2.72. The highest BCUT2D eigenvalue weighted by Gasteiger charge is 2.30. The molecule has 0 spiro atoms. The third-order valence-corrected chi connectivity index (χ3v) is 3.36. The third kappa shape index (κ3) is 4.80. The van der Waals surface area contributed by atoms with E-state index >= 15 is 0 Å². The summed E-state index contributed by atoms with van der Waals surface area (Å²) in [6.45, 7) is 4.83. The van der Waals surface area contributed by atoms with Gasteiger partial charge in [0, 0.05) is 13.2 Å². The summed E-state index contributed by atoms with van der Waals surface area (Å²) in [5.41, 5.74) is 0.263. The van der Waals surface area contributed by atoms with Crippen LogP contribution in [0.25, 0.3) is 0 Å². The van der Waals surface area contributed by atoms with Gasteiger partial charge in [-0.25, -0.2) is 0 Å². The second kappa shape index (κ2) is 7.64. The predicted molar refractivity (Wildman–Crippen MR) is 73.7 cm³/mol. The van der Waals surface area contributed by atoms with Crippen LogP contribution in [-0.4, -0.2) is 25.8 Å². The van der Waals surface area contributed by atoms with Gasteiger partial charge in [0.25, 0.3) is 0 Å². The highest BCUT2D eigenvalue weighted by Crippen LogP contribution is 2.29. The molecule has 20 heavy (non-hydrogen) atoms. The molecule has 0 heterocycles. The predicted octanol–water partition coefficient (Wildman–Crippen LogP) is 3.65. The Morgan fingerprint density at radius 1 is 1.15 bits per heavy atom. The number of ether oxygens (including phenoxy) is 1. The lowest BCUT2D eigenvalue weighted by molar-refractivity contribution is -0.137. The van der Waals surface area contributed by atoms with Gasteiger partial charge >= 0.3 is 6.18 Å². The third-order valence-electron chi connectivity index (χ3n) is 3.36. The normalized spacial score (nSPS) is 15.1. The summed E-state index contributed by atoms with van der Waals surface area (Å²) in [5.74, 6) is 0. The summed E-state index contributed by atoms with van der Waals surface area (Å²) in [4.78, 5) is 0. The molecule has 114 valence electrons. The molecule has 0 saturated carbocycles. The number of hydrogen-bond donors (Lipinski definition) is 1. The Bertz CT molecular complexity index is 385. The molecule has 1 aromatic carbocycles. The van der Waals surface area contributed by atoms with E-state index < -0.39 is 11.7 Å². The monoisotopic (exact) mass is 289 g/mol. The molecule has 2 nitrogen and oxygen atoms in total. The first-order chi connectivity index (χ1) is 9.42. The molecule has 1 N–H and O–H groups in total. The van der Waals surface area contributed by atoms with Crippen LogP contribution in [0.4, 0.5) is 13.2 Å². The maximum atomic E-state index is 12.5. The molecule has 2 unspecified atom stereocenters. The number of hydrogen-bond acceptors (Lipinski definition) is 2. The fourth-order valence-corrected chi connectivity index (χ4v) is 2.30. The van der Waals surface area contributed by atoms with Gasteiger partial charge in [-0.3, -0.25) is 0 Å². The Morgan fingerprint density at radius 2 is 1.75 bits per heavy atom. The van der Waals surface area contributed by atoms with Crippen LogP contribution in [-0.2, 0) is 17.3 Å². The van der Waals surface area contributed by atoms with Crippen molar-refractivity contribution in [1.29, 1.82) is 0 Å². The SMILES string of the molecule is CCNC(Cc1ccc(C(F)(F)F)cc1)C(CC)OC. The van der Waals surface area contributed by atoms with Gasteiger partial charge in [0.15, 0.2) is 0 Å². The Labute approximate surface area is 118 Å². The minimum Gasteiger partial charge on any atom is -0.380 e. The molecule has 0 bridgehead atoms. The Kier molecular flexibility index (Phi) is 6.49. The summed E-state index contributed by atoms with van der Waals surface area (Å²) in [7, 11) is 1.66. The molecule has 0 aromatic heterocycles. The molecule has 0 radical (unpaired) electrons. The maximum absolute atomic E-state index is 12.5. The smallest absolute Gasteiger partial charge is 0.380 e. The molecule has 1 aromatic rings. The lowest BCUT2D eigenvalue weighted by atomic mass is 9.98. The summed E-state index contributed by atoms with van der Waals surface area (Å²) in [5, 5.41) is 3.33. The Hall–Kier alpha value is -1.07. The van der Waals surface area contributed by atoms with Gasteiger partial charge in [-0.2, -0.15) is 13.2 Å². The minimum absolute atomic E-state index is 0.0530. The van der Waals surface area contributed by atoms with E-state index in [0.717, 1.165) is 30.7 Å². The second-order valence-corrected chi connectivity index (χ2v) is 4.75. The molecule has 5 heteroatoms. The molecule has 0 aliphatic carbocycles. The Balaban J connectivity index is 2.78. The van der Waals surface area contributed by atoms with Crippen molar-refractivity contribution in [3.8, 4) is 0 Å². The zero-order valence-electron chi connectivity index (χ0n) is 12.1. The molecule has 2 atom stereocenters. The summed E-state index contributed by atoms with van der Waals surface area (Å²) in [6, 6.07) is 5.44. The molecule has 0 amide bonds. The van der Waals surface area contributed by atoms with Gasteiger partial charge in [0.05, 0.1) is 11.7 Å². The van der Waals surface area contributed by atoms with Crippen molar-refractivity contribution < 1.29 is 17.9 Å². The first kappa shape index (κ1) is 17.0. The maximum Gasteiger partial charge on any atom is 0.416 e. The van der Waals surface area contributed by atoms with Crippen LogP contribution < -0.4 is 5.32 Å². The van der Waals surface area contributed by atoms with Crippen molar-refractivity contribution in [1.82, 2.24) is 5.32 Å². The topological polar surface area (TPSA) is 21.3 Å². The van der Waals surface area contributed by atoms with Crippen LogP contribution in [0.3, 0.4) is 0 Å². The number of halogens is 3. The van der Waals surface area contributed by atoms with Crippen molar-refractivity contribution >= 4 is 0 Å². The average Bonchev–Trinajstić information content (AvgIpc) is 2.40. The van der Waals surface area contributed by atoms with Gasteiger partial charge in [0.2, 0.25) is 0 Å². The number of likely N-dealkylation sites (N-methyl/N-ethyl adjacent to an activating group) is 1. The standard InChI is InChI=1S/C15H22F3NO/c1-4-14(20-3)13(19-5-2)10-11-6-8-12(9-7-11)15(16,17)18/h6-9,13-14,19H,4-5,10H2,1-3H3. The van der Waals surface area contributed by atoms with E-state index in [1.54, 1.807) is 7.11 Å². The molecule has 0 fully saturated rings. The minimum atomic E-state index is -4.28. The van der Waals surface area contributed by atoms with Crippen LogP contribution in [0.1, 0.15) is 31.4 Å². The quantitative estimate of drug-likeness (QED) is 0.827. The summed E-state index contributed by atoms with van der Waals surface area (Å²) >= 11 is 0. The van der Waals surface area contributed by atoms with Crippen molar-refractivity contribution in [2.45, 2.75) is 45.0 Å². The van der Waals surface area contributed by atoms with Crippen LogP contribution in [0.15, 0.2) is 24.3 Å². The van der Waals surface area contributed by atoms with Crippen molar-refractivity contribution in [2.75, 3.05) is 13.7 Å². The zero-order chi connectivity index (χ0) is 15.2. The number of nitrogens with one attached hydrogen (secondary N) is 1. The van der Waals surface area contributed by atoms with E-state index in [0.29, 0.717) is 6.42 Å². The summed E-state index contributed by atoms with van der Waals surface area (Å²) < 4.78 is 42.9. The molecular formula is C15H22F3NO. The molecule has 0 saturated heterocycles. The van der Waals surface area contributed by atoms with Crippen LogP contribution in [0, 0.1) is 0 Å².